The number of rotatable bonds is 4. The van der Waals surface area contributed by atoms with E-state index in [2.05, 4.69) is 5.32 Å². The maximum absolute atomic E-state index is 12.1. The third-order valence-electron chi connectivity index (χ3n) is 4.48. The van der Waals surface area contributed by atoms with Gasteiger partial charge in [0.25, 0.3) is 5.91 Å². The Morgan fingerprint density at radius 1 is 1.12 bits per heavy atom. The van der Waals surface area contributed by atoms with Crippen LogP contribution in [0.15, 0.2) is 22.6 Å². The van der Waals surface area contributed by atoms with Gasteiger partial charge in [0.05, 0.1) is 0 Å². The van der Waals surface area contributed by atoms with Gasteiger partial charge in [0.1, 0.15) is 17.1 Å². The summed E-state index contributed by atoms with van der Waals surface area (Å²) in [6, 6.07) is 5.93. The van der Waals surface area contributed by atoms with Crippen molar-refractivity contribution in [1.82, 2.24) is 0 Å². The molecule has 1 aromatic heterocycles. The smallest absolute Gasteiger partial charge is 0.342 e. The van der Waals surface area contributed by atoms with Gasteiger partial charge in [-0.15, -0.1) is 0 Å². The number of aryl methyl sites for hydroxylation is 4. The molecule has 0 unspecified atom stereocenters. The molecule has 0 saturated carbocycles. The highest BCUT2D eigenvalue weighted by Gasteiger charge is 2.21. The molecule has 126 valence electrons. The summed E-state index contributed by atoms with van der Waals surface area (Å²) < 4.78 is 10.5. The Bertz CT molecular complexity index is 804. The molecule has 0 aliphatic heterocycles. The minimum atomic E-state index is -0.536. The van der Waals surface area contributed by atoms with E-state index in [0.29, 0.717) is 17.1 Å². The highest BCUT2D eigenvalue weighted by molar-refractivity contribution is 5.96. The van der Waals surface area contributed by atoms with Crippen molar-refractivity contribution in [1.29, 1.82) is 0 Å². The summed E-state index contributed by atoms with van der Waals surface area (Å²) in [7, 11) is 0. The van der Waals surface area contributed by atoms with Crippen molar-refractivity contribution in [2.45, 2.75) is 40.0 Å². The van der Waals surface area contributed by atoms with Gasteiger partial charge in [0.15, 0.2) is 6.61 Å². The van der Waals surface area contributed by atoms with E-state index in [1.807, 2.05) is 18.2 Å². The van der Waals surface area contributed by atoms with Gasteiger partial charge in [-0.2, -0.15) is 0 Å². The van der Waals surface area contributed by atoms with Crippen LogP contribution >= 0.6 is 0 Å². The Morgan fingerprint density at radius 3 is 2.58 bits per heavy atom. The fourth-order valence-electron chi connectivity index (χ4n) is 3.14. The number of benzene rings is 1. The van der Waals surface area contributed by atoms with Gasteiger partial charge < -0.3 is 14.5 Å². The van der Waals surface area contributed by atoms with Crippen LogP contribution in [0.3, 0.4) is 0 Å². The molecule has 0 saturated heterocycles. The molecule has 1 heterocycles. The number of nitrogens with one attached hydrogen (secondary N) is 1. The van der Waals surface area contributed by atoms with Crippen molar-refractivity contribution in [3.8, 4) is 0 Å². The predicted molar refractivity (Wildman–Crippen MR) is 90.3 cm³/mol. The van der Waals surface area contributed by atoms with Gasteiger partial charge in [0, 0.05) is 11.3 Å². The second-order valence-electron chi connectivity index (χ2n) is 6.18. The van der Waals surface area contributed by atoms with Crippen LogP contribution in [0.5, 0.6) is 0 Å². The third-order valence-corrected chi connectivity index (χ3v) is 4.48. The third kappa shape index (κ3) is 3.20. The molecule has 2 aromatic rings. The first-order valence-electron chi connectivity index (χ1n) is 8.11. The number of hydrogen-bond acceptors (Lipinski definition) is 4. The Hall–Kier alpha value is -2.56. The van der Waals surface area contributed by atoms with E-state index in [1.54, 1.807) is 20.8 Å². The molecular formula is C19H21NO4. The van der Waals surface area contributed by atoms with Gasteiger partial charge in [-0.1, -0.05) is 6.07 Å². The fourth-order valence-corrected chi connectivity index (χ4v) is 3.14. The highest BCUT2D eigenvalue weighted by Crippen LogP contribution is 2.25. The van der Waals surface area contributed by atoms with Crippen LogP contribution in [0.4, 0.5) is 5.69 Å². The summed E-state index contributed by atoms with van der Waals surface area (Å²) in [6.07, 6.45) is 3.31. The first-order valence-corrected chi connectivity index (χ1v) is 8.11. The van der Waals surface area contributed by atoms with Crippen molar-refractivity contribution in [3.05, 3.63) is 52.0 Å². The van der Waals surface area contributed by atoms with Crippen molar-refractivity contribution in [3.63, 3.8) is 0 Å². The molecule has 0 atom stereocenters. The molecule has 5 heteroatoms. The minimum absolute atomic E-state index is 0.320. The summed E-state index contributed by atoms with van der Waals surface area (Å²) in [4.78, 5) is 24.2. The van der Waals surface area contributed by atoms with Gasteiger partial charge in [-0.3, -0.25) is 4.79 Å². The molecule has 1 aromatic carbocycles. The van der Waals surface area contributed by atoms with Crippen LogP contribution in [0.2, 0.25) is 0 Å². The van der Waals surface area contributed by atoms with Crippen LogP contribution < -0.4 is 5.32 Å². The number of amides is 1. The number of hydrogen-bond donors (Lipinski definition) is 1. The Labute approximate surface area is 141 Å². The van der Waals surface area contributed by atoms with E-state index >= 15 is 0 Å². The molecule has 3 rings (SSSR count). The summed E-state index contributed by atoms with van der Waals surface area (Å²) in [6.45, 7) is 4.98. The largest absolute Gasteiger partial charge is 0.465 e. The second kappa shape index (κ2) is 6.51. The first-order chi connectivity index (χ1) is 11.5. The molecule has 0 fully saturated rings. The van der Waals surface area contributed by atoms with Crippen LogP contribution in [-0.2, 0) is 22.4 Å². The quantitative estimate of drug-likeness (QED) is 0.873. The molecule has 0 radical (unpaired) electrons. The standard InChI is InChI=1S/C19H21NO4/c1-11-12(2)24-13(3)18(11)19(22)23-10-17(21)20-16-8-7-14-5-4-6-15(14)9-16/h7-9H,4-6,10H2,1-3H3,(H,20,21). The summed E-state index contributed by atoms with van der Waals surface area (Å²) in [5.41, 5.74) is 4.52. The number of fused-ring (bicyclic) bond motifs is 1. The monoisotopic (exact) mass is 327 g/mol. The number of furan rings is 1. The van der Waals surface area contributed by atoms with E-state index in [0.717, 1.165) is 30.5 Å². The number of carbonyl (C=O) groups excluding carboxylic acids is 2. The molecule has 1 amide bonds. The van der Waals surface area contributed by atoms with Crippen LogP contribution in [0.25, 0.3) is 0 Å². The molecule has 24 heavy (non-hydrogen) atoms. The lowest BCUT2D eigenvalue weighted by molar-refractivity contribution is -0.119. The fraction of sp³-hybridized carbons (Fsp3) is 0.368. The Kier molecular flexibility index (Phi) is 4.42. The topological polar surface area (TPSA) is 68.5 Å². The SMILES string of the molecule is Cc1oc(C)c(C(=O)OCC(=O)Nc2ccc3c(c2)CCC3)c1C. The predicted octanol–water partition coefficient (Wildman–Crippen LogP) is 3.49. The number of ether oxygens (including phenoxy) is 1. The lowest BCUT2D eigenvalue weighted by Gasteiger charge is -2.08. The van der Waals surface area contributed by atoms with Gasteiger partial charge in [0.2, 0.25) is 0 Å². The minimum Gasteiger partial charge on any atom is -0.465 e. The molecule has 1 N–H and O–H groups in total. The molecular weight excluding hydrogens is 306 g/mol. The molecule has 1 aliphatic carbocycles. The molecule has 0 spiro atoms. The Morgan fingerprint density at radius 2 is 1.88 bits per heavy atom. The number of esters is 1. The molecule has 0 bridgehead atoms. The van der Waals surface area contributed by atoms with Gasteiger partial charge >= 0.3 is 5.97 Å². The Balaban J connectivity index is 1.58. The van der Waals surface area contributed by atoms with Crippen LogP contribution in [-0.4, -0.2) is 18.5 Å². The number of carbonyl (C=O) groups is 2. The highest BCUT2D eigenvalue weighted by atomic mass is 16.5. The maximum atomic E-state index is 12.1. The normalized spacial score (nSPS) is 12.8. The average molecular weight is 327 g/mol. The van der Waals surface area contributed by atoms with Crippen molar-refractivity contribution >= 4 is 17.6 Å². The zero-order valence-corrected chi connectivity index (χ0v) is 14.2. The average Bonchev–Trinajstić information content (AvgIpc) is 3.09. The second-order valence-corrected chi connectivity index (χ2v) is 6.18. The van der Waals surface area contributed by atoms with E-state index < -0.39 is 5.97 Å². The van der Waals surface area contributed by atoms with Crippen LogP contribution in [0.1, 0.15) is 45.0 Å². The van der Waals surface area contributed by atoms with Gasteiger partial charge in [-0.05, 0) is 63.3 Å². The molecule has 5 nitrogen and oxygen atoms in total. The van der Waals surface area contributed by atoms with E-state index in [9.17, 15) is 9.59 Å². The summed E-state index contributed by atoms with van der Waals surface area (Å²) >= 11 is 0. The lowest BCUT2D eigenvalue weighted by atomic mass is 10.1. The van der Waals surface area contributed by atoms with Crippen LogP contribution in [0, 0.1) is 20.8 Å². The zero-order valence-electron chi connectivity index (χ0n) is 14.2. The summed E-state index contributed by atoms with van der Waals surface area (Å²) in [5, 5.41) is 2.77. The number of anilines is 1. The van der Waals surface area contributed by atoms with E-state index in [-0.39, 0.29) is 12.5 Å². The van der Waals surface area contributed by atoms with E-state index in [4.69, 9.17) is 9.15 Å². The van der Waals surface area contributed by atoms with Crippen molar-refractivity contribution in [2.24, 2.45) is 0 Å². The lowest BCUT2D eigenvalue weighted by Crippen LogP contribution is -2.21. The van der Waals surface area contributed by atoms with E-state index in [1.165, 1.54) is 11.1 Å². The van der Waals surface area contributed by atoms with Crippen molar-refractivity contribution < 1.29 is 18.7 Å². The zero-order chi connectivity index (χ0) is 17.3. The van der Waals surface area contributed by atoms with Crippen molar-refractivity contribution in [2.75, 3.05) is 11.9 Å². The van der Waals surface area contributed by atoms with Gasteiger partial charge in [-0.25, -0.2) is 4.79 Å². The summed E-state index contributed by atoms with van der Waals surface area (Å²) in [5.74, 6) is 0.304. The maximum Gasteiger partial charge on any atom is 0.342 e. The molecule has 1 aliphatic rings. The first kappa shape index (κ1) is 16.3.